The second kappa shape index (κ2) is 5.59. The van der Waals surface area contributed by atoms with E-state index in [0.717, 1.165) is 38.1 Å². The van der Waals surface area contributed by atoms with Crippen LogP contribution in [0.5, 0.6) is 0 Å². The number of alkyl halides is 3. The van der Waals surface area contributed by atoms with Crippen LogP contribution in [0.1, 0.15) is 18.4 Å². The van der Waals surface area contributed by atoms with Crippen LogP contribution in [0.15, 0.2) is 18.2 Å². The first kappa shape index (κ1) is 14.5. The zero-order valence-electron chi connectivity index (χ0n) is 10.6. The summed E-state index contributed by atoms with van der Waals surface area (Å²) in [6.45, 7) is 1.93. The topological polar surface area (TPSA) is 15.3 Å². The van der Waals surface area contributed by atoms with Gasteiger partial charge in [-0.3, -0.25) is 0 Å². The molecule has 1 fully saturated rings. The van der Waals surface area contributed by atoms with E-state index in [-0.39, 0.29) is 11.1 Å². The van der Waals surface area contributed by atoms with Crippen LogP contribution in [-0.4, -0.2) is 31.1 Å². The molecule has 1 unspecified atom stereocenters. The van der Waals surface area contributed by atoms with Gasteiger partial charge in [-0.1, -0.05) is 11.6 Å². The molecule has 1 saturated heterocycles. The molecule has 0 amide bonds. The molecular formula is C13H16ClF3N2. The Labute approximate surface area is 115 Å². The summed E-state index contributed by atoms with van der Waals surface area (Å²) >= 11 is 5.91. The van der Waals surface area contributed by atoms with Crippen LogP contribution in [0.2, 0.25) is 5.02 Å². The predicted octanol–water partition coefficient (Wildman–Crippen LogP) is 3.86. The molecule has 1 atom stereocenters. The van der Waals surface area contributed by atoms with Crippen molar-refractivity contribution >= 4 is 17.3 Å². The van der Waals surface area contributed by atoms with Gasteiger partial charge in [0.25, 0.3) is 0 Å². The van der Waals surface area contributed by atoms with E-state index in [0.29, 0.717) is 5.69 Å². The number of benzene rings is 1. The van der Waals surface area contributed by atoms with Crippen molar-refractivity contribution in [3.63, 3.8) is 0 Å². The van der Waals surface area contributed by atoms with E-state index in [1.54, 1.807) is 0 Å². The second-order valence-electron chi connectivity index (χ2n) is 4.94. The highest BCUT2D eigenvalue weighted by molar-refractivity contribution is 6.33. The molecule has 0 spiro atoms. The lowest BCUT2D eigenvalue weighted by molar-refractivity contribution is -0.137. The molecule has 0 aromatic heterocycles. The fourth-order valence-electron chi connectivity index (χ4n) is 2.31. The van der Waals surface area contributed by atoms with Crippen LogP contribution in [-0.2, 0) is 6.18 Å². The fourth-order valence-corrected chi connectivity index (χ4v) is 2.55. The van der Waals surface area contributed by atoms with Gasteiger partial charge < -0.3 is 10.2 Å². The Hall–Kier alpha value is -0.940. The van der Waals surface area contributed by atoms with Crippen molar-refractivity contribution in [2.75, 3.05) is 25.5 Å². The molecule has 6 heteroatoms. The third-order valence-corrected chi connectivity index (χ3v) is 3.59. The number of anilines is 1. The molecule has 106 valence electrons. The summed E-state index contributed by atoms with van der Waals surface area (Å²) in [6, 6.07) is 3.66. The fraction of sp³-hybridized carbons (Fsp3) is 0.538. The van der Waals surface area contributed by atoms with Gasteiger partial charge in [-0.05, 0) is 44.6 Å². The van der Waals surface area contributed by atoms with E-state index in [4.69, 9.17) is 11.6 Å². The quantitative estimate of drug-likeness (QED) is 0.890. The summed E-state index contributed by atoms with van der Waals surface area (Å²) in [4.78, 5) is 2.19. The number of likely N-dealkylation sites (tertiary alicyclic amines) is 1. The Bertz CT molecular complexity index is 448. The normalized spacial score (nSPS) is 21.4. The second-order valence-corrected chi connectivity index (χ2v) is 5.35. The molecule has 2 nitrogen and oxygen atoms in total. The van der Waals surface area contributed by atoms with Gasteiger partial charge in [0.1, 0.15) is 0 Å². The number of piperidine rings is 1. The maximum absolute atomic E-state index is 12.5. The molecule has 0 bridgehead atoms. The van der Waals surface area contributed by atoms with E-state index in [1.807, 2.05) is 7.05 Å². The zero-order valence-corrected chi connectivity index (χ0v) is 11.4. The predicted molar refractivity (Wildman–Crippen MR) is 70.6 cm³/mol. The summed E-state index contributed by atoms with van der Waals surface area (Å²) in [6.07, 6.45) is -2.28. The Morgan fingerprint density at radius 2 is 2.11 bits per heavy atom. The maximum Gasteiger partial charge on any atom is 0.416 e. The van der Waals surface area contributed by atoms with Gasteiger partial charge in [0.15, 0.2) is 0 Å². The molecule has 1 aliphatic heterocycles. The molecule has 1 heterocycles. The molecule has 19 heavy (non-hydrogen) atoms. The summed E-state index contributed by atoms with van der Waals surface area (Å²) in [5.41, 5.74) is -0.154. The Kier molecular flexibility index (Phi) is 4.26. The zero-order chi connectivity index (χ0) is 14.0. The maximum atomic E-state index is 12.5. The molecule has 0 saturated carbocycles. The van der Waals surface area contributed by atoms with Gasteiger partial charge in [-0.15, -0.1) is 0 Å². The molecule has 1 aromatic rings. The lowest BCUT2D eigenvalue weighted by Gasteiger charge is -2.31. The monoisotopic (exact) mass is 292 g/mol. The highest BCUT2D eigenvalue weighted by Crippen LogP contribution is 2.34. The van der Waals surface area contributed by atoms with Gasteiger partial charge in [0, 0.05) is 12.6 Å². The third-order valence-electron chi connectivity index (χ3n) is 3.28. The van der Waals surface area contributed by atoms with E-state index in [9.17, 15) is 13.2 Å². The van der Waals surface area contributed by atoms with Crippen molar-refractivity contribution in [2.45, 2.75) is 25.1 Å². The van der Waals surface area contributed by atoms with Gasteiger partial charge in [-0.2, -0.15) is 13.2 Å². The first-order valence-corrected chi connectivity index (χ1v) is 6.56. The summed E-state index contributed by atoms with van der Waals surface area (Å²) < 4.78 is 37.6. The van der Waals surface area contributed by atoms with Crippen molar-refractivity contribution in [2.24, 2.45) is 0 Å². The molecular weight excluding hydrogens is 277 g/mol. The van der Waals surface area contributed by atoms with Gasteiger partial charge in [0.2, 0.25) is 0 Å². The summed E-state index contributed by atoms with van der Waals surface area (Å²) in [5.74, 6) is 0. The van der Waals surface area contributed by atoms with Gasteiger partial charge in [0.05, 0.1) is 16.3 Å². The average molecular weight is 293 g/mol. The van der Waals surface area contributed by atoms with E-state index >= 15 is 0 Å². The SMILES string of the molecule is CN1CCCC(Nc2ccc(C(F)(F)F)cc2Cl)C1. The van der Waals surface area contributed by atoms with Crippen LogP contribution < -0.4 is 5.32 Å². The standard InChI is InChI=1S/C13H16ClF3N2/c1-19-6-2-3-10(8-19)18-12-5-4-9(7-11(12)14)13(15,16)17/h4-5,7,10,18H,2-3,6,8H2,1H3. The Balaban J connectivity index is 2.09. The Morgan fingerprint density at radius 1 is 1.37 bits per heavy atom. The number of rotatable bonds is 2. The number of halogens is 4. The highest BCUT2D eigenvalue weighted by Gasteiger charge is 2.31. The summed E-state index contributed by atoms with van der Waals surface area (Å²) in [7, 11) is 2.03. The summed E-state index contributed by atoms with van der Waals surface area (Å²) in [5, 5.41) is 3.33. The van der Waals surface area contributed by atoms with Crippen molar-refractivity contribution < 1.29 is 13.2 Å². The van der Waals surface area contributed by atoms with Crippen molar-refractivity contribution in [3.8, 4) is 0 Å². The molecule has 1 aliphatic rings. The van der Waals surface area contributed by atoms with Crippen LogP contribution in [0.4, 0.5) is 18.9 Å². The van der Waals surface area contributed by atoms with E-state index < -0.39 is 11.7 Å². The lowest BCUT2D eigenvalue weighted by atomic mass is 10.1. The lowest BCUT2D eigenvalue weighted by Crippen LogP contribution is -2.39. The molecule has 0 radical (unpaired) electrons. The Morgan fingerprint density at radius 3 is 2.68 bits per heavy atom. The molecule has 0 aliphatic carbocycles. The highest BCUT2D eigenvalue weighted by atomic mass is 35.5. The number of likely N-dealkylation sites (N-methyl/N-ethyl adjacent to an activating group) is 1. The first-order valence-electron chi connectivity index (χ1n) is 6.18. The first-order chi connectivity index (χ1) is 8.86. The van der Waals surface area contributed by atoms with Crippen molar-refractivity contribution in [1.82, 2.24) is 4.90 Å². The third kappa shape index (κ3) is 3.76. The smallest absolute Gasteiger partial charge is 0.380 e. The molecule has 1 N–H and O–H groups in total. The van der Waals surface area contributed by atoms with E-state index in [1.165, 1.54) is 6.07 Å². The van der Waals surface area contributed by atoms with Crippen molar-refractivity contribution in [1.29, 1.82) is 0 Å². The minimum absolute atomic E-state index is 0.114. The van der Waals surface area contributed by atoms with Gasteiger partial charge >= 0.3 is 6.18 Å². The number of hydrogen-bond acceptors (Lipinski definition) is 2. The minimum Gasteiger partial charge on any atom is -0.380 e. The molecule has 1 aromatic carbocycles. The van der Waals surface area contributed by atoms with Crippen LogP contribution in [0, 0.1) is 0 Å². The van der Waals surface area contributed by atoms with E-state index in [2.05, 4.69) is 10.2 Å². The molecule has 2 rings (SSSR count). The van der Waals surface area contributed by atoms with Crippen LogP contribution >= 0.6 is 11.6 Å². The average Bonchev–Trinajstić information content (AvgIpc) is 2.30. The van der Waals surface area contributed by atoms with Crippen LogP contribution in [0.3, 0.4) is 0 Å². The van der Waals surface area contributed by atoms with Gasteiger partial charge in [-0.25, -0.2) is 0 Å². The van der Waals surface area contributed by atoms with Crippen LogP contribution in [0.25, 0.3) is 0 Å². The number of nitrogens with one attached hydrogen (secondary N) is 1. The van der Waals surface area contributed by atoms with Crippen molar-refractivity contribution in [3.05, 3.63) is 28.8 Å². The number of nitrogens with zero attached hydrogens (tertiary/aromatic N) is 1. The largest absolute Gasteiger partial charge is 0.416 e. The minimum atomic E-state index is -4.35. The number of hydrogen-bond donors (Lipinski definition) is 1.